The van der Waals surface area contributed by atoms with E-state index in [0.717, 1.165) is 16.7 Å². The molecule has 3 aromatic rings. The molecule has 0 aliphatic carbocycles. The molecule has 0 heterocycles. The fourth-order valence-corrected chi connectivity index (χ4v) is 2.88. The number of carboxylic acid groups (broad SMARTS) is 1. The first-order valence-electron chi connectivity index (χ1n) is 8.89. The minimum Gasteiger partial charge on any atom is -0.497 e. The second kappa shape index (κ2) is 8.86. The molecule has 1 atom stereocenters. The van der Waals surface area contributed by atoms with Crippen molar-refractivity contribution in [3.8, 4) is 16.9 Å². The average molecular weight is 375 g/mol. The summed E-state index contributed by atoms with van der Waals surface area (Å²) >= 11 is 0. The number of carbonyl (C=O) groups is 2. The van der Waals surface area contributed by atoms with Gasteiger partial charge in [-0.15, -0.1) is 0 Å². The van der Waals surface area contributed by atoms with Crippen LogP contribution in [0.1, 0.15) is 15.9 Å². The molecule has 0 unspecified atom stereocenters. The summed E-state index contributed by atoms with van der Waals surface area (Å²) < 4.78 is 5.10. The second-order valence-corrected chi connectivity index (χ2v) is 6.36. The molecule has 3 rings (SSSR count). The van der Waals surface area contributed by atoms with E-state index in [1.807, 2.05) is 42.5 Å². The Hall–Kier alpha value is -3.60. The molecule has 0 spiro atoms. The SMILES string of the molecule is COc1ccc(C[C@@H](NC(=O)c2ccc(-c3ccccc3)cc2)C(=O)O)cc1. The summed E-state index contributed by atoms with van der Waals surface area (Å²) in [6.45, 7) is 0. The average Bonchev–Trinajstić information content (AvgIpc) is 2.74. The summed E-state index contributed by atoms with van der Waals surface area (Å²) in [5.74, 6) is -0.802. The number of benzene rings is 3. The van der Waals surface area contributed by atoms with Gasteiger partial charge in [0.05, 0.1) is 7.11 Å². The molecule has 0 bridgehead atoms. The van der Waals surface area contributed by atoms with Crippen LogP contribution in [-0.4, -0.2) is 30.1 Å². The number of rotatable bonds is 7. The van der Waals surface area contributed by atoms with Crippen LogP contribution in [0.4, 0.5) is 0 Å². The largest absolute Gasteiger partial charge is 0.497 e. The Morgan fingerprint density at radius 2 is 1.50 bits per heavy atom. The molecule has 5 nitrogen and oxygen atoms in total. The summed E-state index contributed by atoms with van der Waals surface area (Å²) in [4.78, 5) is 24.1. The number of nitrogens with one attached hydrogen (secondary N) is 1. The number of aliphatic carboxylic acids is 1. The van der Waals surface area contributed by atoms with E-state index in [2.05, 4.69) is 5.32 Å². The van der Waals surface area contributed by atoms with E-state index < -0.39 is 17.9 Å². The lowest BCUT2D eigenvalue weighted by molar-refractivity contribution is -0.139. The zero-order valence-corrected chi connectivity index (χ0v) is 15.5. The third kappa shape index (κ3) is 4.76. The van der Waals surface area contributed by atoms with E-state index >= 15 is 0 Å². The van der Waals surface area contributed by atoms with Crippen LogP contribution < -0.4 is 10.1 Å². The lowest BCUT2D eigenvalue weighted by Gasteiger charge is -2.15. The number of methoxy groups -OCH3 is 1. The number of carboxylic acids is 1. The van der Waals surface area contributed by atoms with Crippen LogP contribution >= 0.6 is 0 Å². The smallest absolute Gasteiger partial charge is 0.326 e. The van der Waals surface area contributed by atoms with Crippen molar-refractivity contribution < 1.29 is 19.4 Å². The third-order valence-electron chi connectivity index (χ3n) is 4.46. The van der Waals surface area contributed by atoms with Gasteiger partial charge in [-0.1, -0.05) is 54.6 Å². The van der Waals surface area contributed by atoms with Crippen LogP contribution in [0.2, 0.25) is 0 Å². The molecule has 0 aliphatic rings. The van der Waals surface area contributed by atoms with Gasteiger partial charge in [-0.25, -0.2) is 4.79 Å². The van der Waals surface area contributed by atoms with Crippen molar-refractivity contribution in [2.45, 2.75) is 12.5 Å². The van der Waals surface area contributed by atoms with Gasteiger partial charge in [0.1, 0.15) is 11.8 Å². The van der Waals surface area contributed by atoms with E-state index in [1.165, 1.54) is 0 Å². The molecule has 3 aromatic carbocycles. The summed E-state index contributed by atoms with van der Waals surface area (Å²) in [6.07, 6.45) is 0.188. The van der Waals surface area contributed by atoms with Gasteiger partial charge in [-0.05, 0) is 41.0 Å². The number of hydrogen-bond donors (Lipinski definition) is 2. The fourth-order valence-electron chi connectivity index (χ4n) is 2.88. The van der Waals surface area contributed by atoms with Crippen LogP contribution in [0.5, 0.6) is 5.75 Å². The van der Waals surface area contributed by atoms with Crippen molar-refractivity contribution in [3.63, 3.8) is 0 Å². The van der Waals surface area contributed by atoms with Crippen molar-refractivity contribution in [1.82, 2.24) is 5.32 Å². The van der Waals surface area contributed by atoms with Gasteiger partial charge < -0.3 is 15.2 Å². The maximum Gasteiger partial charge on any atom is 0.326 e. The van der Waals surface area contributed by atoms with E-state index in [-0.39, 0.29) is 6.42 Å². The monoisotopic (exact) mass is 375 g/mol. The standard InChI is InChI=1S/C23H21NO4/c1-28-20-13-7-16(8-14-20)15-21(23(26)27)24-22(25)19-11-9-18(10-12-19)17-5-3-2-4-6-17/h2-14,21H,15H2,1H3,(H,24,25)(H,26,27)/t21-/m1/s1. The van der Waals surface area contributed by atoms with Crippen LogP contribution in [0.15, 0.2) is 78.9 Å². The van der Waals surface area contributed by atoms with Crippen molar-refractivity contribution in [3.05, 3.63) is 90.0 Å². The zero-order valence-electron chi connectivity index (χ0n) is 15.5. The molecule has 0 aliphatic heterocycles. The summed E-state index contributed by atoms with van der Waals surface area (Å²) in [6, 6.07) is 23.0. The van der Waals surface area contributed by atoms with Crippen molar-refractivity contribution >= 4 is 11.9 Å². The summed E-state index contributed by atoms with van der Waals surface area (Å²) in [5, 5.41) is 12.1. The topological polar surface area (TPSA) is 75.6 Å². The lowest BCUT2D eigenvalue weighted by Crippen LogP contribution is -2.42. The van der Waals surface area contributed by atoms with Gasteiger partial charge in [0.15, 0.2) is 0 Å². The Kier molecular flexibility index (Phi) is 6.07. The van der Waals surface area contributed by atoms with E-state index in [0.29, 0.717) is 11.3 Å². The Bertz CT molecular complexity index is 935. The van der Waals surface area contributed by atoms with E-state index in [9.17, 15) is 14.7 Å². The molecular formula is C23H21NO4. The third-order valence-corrected chi connectivity index (χ3v) is 4.46. The first-order chi connectivity index (χ1) is 13.6. The minimum atomic E-state index is -1.08. The summed E-state index contributed by atoms with van der Waals surface area (Å²) in [7, 11) is 1.57. The quantitative estimate of drug-likeness (QED) is 0.659. The first kappa shape index (κ1) is 19.2. The number of amides is 1. The molecule has 0 saturated heterocycles. The highest BCUT2D eigenvalue weighted by Gasteiger charge is 2.21. The van der Waals surface area contributed by atoms with E-state index in [1.54, 1.807) is 43.5 Å². The highest BCUT2D eigenvalue weighted by atomic mass is 16.5. The van der Waals surface area contributed by atoms with Crippen LogP contribution in [0.3, 0.4) is 0 Å². The van der Waals surface area contributed by atoms with Gasteiger partial charge in [0.2, 0.25) is 0 Å². The predicted octanol–water partition coefficient (Wildman–Crippen LogP) is 3.79. The van der Waals surface area contributed by atoms with Crippen molar-refractivity contribution in [2.75, 3.05) is 7.11 Å². The molecule has 0 fully saturated rings. The zero-order chi connectivity index (χ0) is 19.9. The van der Waals surface area contributed by atoms with Gasteiger partial charge in [0, 0.05) is 12.0 Å². The maximum atomic E-state index is 12.5. The highest BCUT2D eigenvalue weighted by Crippen LogP contribution is 2.19. The van der Waals surface area contributed by atoms with Crippen LogP contribution in [0, 0.1) is 0 Å². The Morgan fingerprint density at radius 3 is 2.07 bits per heavy atom. The minimum absolute atomic E-state index is 0.188. The molecular weight excluding hydrogens is 354 g/mol. The normalized spacial score (nSPS) is 11.5. The Labute approximate surface area is 163 Å². The predicted molar refractivity (Wildman–Crippen MR) is 107 cm³/mol. The molecule has 142 valence electrons. The number of ether oxygens (including phenoxy) is 1. The fraction of sp³-hybridized carbons (Fsp3) is 0.130. The van der Waals surface area contributed by atoms with E-state index in [4.69, 9.17) is 4.74 Å². The Balaban J connectivity index is 1.69. The van der Waals surface area contributed by atoms with Gasteiger partial charge in [-0.2, -0.15) is 0 Å². The van der Waals surface area contributed by atoms with Gasteiger partial charge >= 0.3 is 5.97 Å². The van der Waals surface area contributed by atoms with Crippen LogP contribution in [-0.2, 0) is 11.2 Å². The molecule has 1 amide bonds. The molecule has 0 radical (unpaired) electrons. The number of carbonyl (C=O) groups excluding carboxylic acids is 1. The highest BCUT2D eigenvalue weighted by molar-refractivity contribution is 5.97. The van der Waals surface area contributed by atoms with Gasteiger partial charge in [-0.3, -0.25) is 4.79 Å². The maximum absolute atomic E-state index is 12.5. The number of hydrogen-bond acceptors (Lipinski definition) is 3. The van der Waals surface area contributed by atoms with Crippen molar-refractivity contribution in [2.24, 2.45) is 0 Å². The molecule has 0 saturated carbocycles. The van der Waals surface area contributed by atoms with Gasteiger partial charge in [0.25, 0.3) is 5.91 Å². The molecule has 28 heavy (non-hydrogen) atoms. The second-order valence-electron chi connectivity index (χ2n) is 6.36. The Morgan fingerprint density at radius 1 is 0.893 bits per heavy atom. The molecule has 5 heteroatoms. The molecule has 2 N–H and O–H groups in total. The van der Waals surface area contributed by atoms with Crippen LogP contribution in [0.25, 0.3) is 11.1 Å². The summed E-state index contributed by atoms with van der Waals surface area (Å²) in [5.41, 5.74) is 3.26. The lowest BCUT2D eigenvalue weighted by atomic mass is 10.0. The van der Waals surface area contributed by atoms with Crippen molar-refractivity contribution in [1.29, 1.82) is 0 Å². The molecule has 0 aromatic heterocycles. The first-order valence-corrected chi connectivity index (χ1v) is 8.89.